The van der Waals surface area contributed by atoms with Crippen LogP contribution in [0.2, 0.25) is 0 Å². The summed E-state index contributed by atoms with van der Waals surface area (Å²) in [7, 11) is 1.31. The van der Waals surface area contributed by atoms with Gasteiger partial charge in [-0.3, -0.25) is 4.79 Å². The Morgan fingerprint density at radius 2 is 2.11 bits per heavy atom. The van der Waals surface area contributed by atoms with E-state index >= 15 is 0 Å². The van der Waals surface area contributed by atoms with E-state index in [2.05, 4.69) is 11.8 Å². The minimum absolute atomic E-state index is 0.198. The van der Waals surface area contributed by atoms with Crippen molar-refractivity contribution >= 4 is 5.97 Å². The number of rotatable bonds is 2. The molecule has 2 bridgehead atoms. The van der Waals surface area contributed by atoms with Crippen molar-refractivity contribution < 1.29 is 19.4 Å². The van der Waals surface area contributed by atoms with Crippen LogP contribution in [0.4, 0.5) is 0 Å². The van der Waals surface area contributed by atoms with E-state index in [-0.39, 0.29) is 6.61 Å². The van der Waals surface area contributed by atoms with Crippen molar-refractivity contribution in [1.82, 2.24) is 0 Å². The molecule has 4 nitrogen and oxygen atoms in total. The van der Waals surface area contributed by atoms with Gasteiger partial charge in [0.05, 0.1) is 19.3 Å². The van der Waals surface area contributed by atoms with Gasteiger partial charge in [0.2, 0.25) is 5.60 Å². The number of carbonyl (C=O) groups excluding carboxylic acids is 1. The van der Waals surface area contributed by atoms with Gasteiger partial charge in [0.15, 0.2) is 0 Å². The Hall–Kier alpha value is -1.49. The summed E-state index contributed by atoms with van der Waals surface area (Å²) >= 11 is 0. The number of terminal acetylenes is 2. The molecule has 0 aromatic heterocycles. The third-order valence-corrected chi connectivity index (χ3v) is 4.17. The van der Waals surface area contributed by atoms with Crippen LogP contribution in [0, 0.1) is 30.1 Å². The lowest BCUT2D eigenvalue weighted by Gasteiger charge is -2.36. The third-order valence-electron chi connectivity index (χ3n) is 4.17. The van der Waals surface area contributed by atoms with Crippen molar-refractivity contribution in [2.24, 2.45) is 5.41 Å². The van der Waals surface area contributed by atoms with Crippen LogP contribution in [0.1, 0.15) is 25.7 Å². The second kappa shape index (κ2) is 4.02. The number of aliphatic hydroxyl groups is 1. The maximum absolute atomic E-state index is 12.2. The van der Waals surface area contributed by atoms with Gasteiger partial charge in [-0.1, -0.05) is 11.8 Å². The predicted molar refractivity (Wildman–Crippen MR) is 64.2 cm³/mol. The van der Waals surface area contributed by atoms with E-state index in [4.69, 9.17) is 22.3 Å². The number of hydrogen-bond donors (Lipinski definition) is 1. The summed E-state index contributed by atoms with van der Waals surface area (Å²) in [4.78, 5) is 12.2. The highest BCUT2D eigenvalue weighted by Crippen LogP contribution is 2.59. The van der Waals surface area contributed by atoms with Crippen molar-refractivity contribution in [2.45, 2.75) is 36.9 Å². The summed E-state index contributed by atoms with van der Waals surface area (Å²) < 4.78 is 10.7. The molecule has 0 aromatic carbocycles. The number of esters is 1. The largest absolute Gasteiger partial charge is 0.468 e. The third kappa shape index (κ3) is 1.34. The van der Waals surface area contributed by atoms with E-state index in [9.17, 15) is 9.90 Å². The van der Waals surface area contributed by atoms with Crippen LogP contribution in [0.15, 0.2) is 0 Å². The molecule has 0 radical (unpaired) electrons. The van der Waals surface area contributed by atoms with Gasteiger partial charge in [0, 0.05) is 0 Å². The average Bonchev–Trinajstić information content (AvgIpc) is 2.64. The molecular formula is C14H16O4. The van der Waals surface area contributed by atoms with Gasteiger partial charge in [0.25, 0.3) is 0 Å². The van der Waals surface area contributed by atoms with Gasteiger partial charge in [-0.2, -0.15) is 0 Å². The maximum atomic E-state index is 12.2. The summed E-state index contributed by atoms with van der Waals surface area (Å²) in [5.41, 5.74) is -3.27. The lowest BCUT2D eigenvalue weighted by Crippen LogP contribution is -2.49. The monoisotopic (exact) mass is 248 g/mol. The SMILES string of the molecule is C#CC1(C#C)O[C@]2(CO)CCC[C@@]1(C(=O)OC)C2. The second-order valence-corrected chi connectivity index (χ2v) is 5.02. The van der Waals surface area contributed by atoms with E-state index in [1.54, 1.807) is 0 Å². The van der Waals surface area contributed by atoms with Crippen LogP contribution in [0.3, 0.4) is 0 Å². The molecule has 1 N–H and O–H groups in total. The Morgan fingerprint density at radius 3 is 2.61 bits per heavy atom. The number of hydrogen-bond acceptors (Lipinski definition) is 4. The zero-order valence-corrected chi connectivity index (χ0v) is 10.4. The standard InChI is InChI=1S/C14H16O4/c1-4-14(5-2)13(11(16)17-3)8-6-7-12(9-13,10-15)18-14/h1-2,15H,6-10H2,3H3/t12-,13+/m1/s1. The predicted octanol–water partition coefficient (Wildman–Crippen LogP) is 0.486. The van der Waals surface area contributed by atoms with E-state index in [0.29, 0.717) is 19.3 Å². The average molecular weight is 248 g/mol. The number of ether oxygens (including phenoxy) is 2. The van der Waals surface area contributed by atoms with Crippen molar-refractivity contribution in [2.75, 3.05) is 13.7 Å². The summed E-state index contributed by atoms with van der Waals surface area (Å²) in [5, 5.41) is 9.55. The topological polar surface area (TPSA) is 55.8 Å². The van der Waals surface area contributed by atoms with Crippen LogP contribution in [0.5, 0.6) is 0 Å². The van der Waals surface area contributed by atoms with Crippen molar-refractivity contribution in [3.63, 3.8) is 0 Å². The van der Waals surface area contributed by atoms with Gasteiger partial charge in [-0.15, -0.1) is 12.8 Å². The molecule has 0 unspecified atom stereocenters. The molecule has 1 saturated heterocycles. The Kier molecular flexibility index (Phi) is 2.89. The summed E-state index contributed by atoms with van der Waals surface area (Å²) in [6.07, 6.45) is 13.2. The molecule has 2 aliphatic rings. The molecular weight excluding hydrogens is 232 g/mol. The van der Waals surface area contributed by atoms with E-state index < -0.39 is 22.6 Å². The quantitative estimate of drug-likeness (QED) is 0.570. The van der Waals surface area contributed by atoms with Crippen LogP contribution < -0.4 is 0 Å². The van der Waals surface area contributed by atoms with Gasteiger partial charge in [-0.25, -0.2) is 0 Å². The first kappa shape index (κ1) is 13.0. The number of methoxy groups -OCH3 is 1. The van der Waals surface area contributed by atoms with Gasteiger partial charge >= 0.3 is 5.97 Å². The fraction of sp³-hybridized carbons (Fsp3) is 0.643. The lowest BCUT2D eigenvalue weighted by molar-refractivity contribution is -0.157. The summed E-state index contributed by atoms with van der Waals surface area (Å²) in [6.45, 7) is -0.198. The number of carbonyl (C=O) groups is 1. The number of aliphatic hydroxyl groups excluding tert-OH is 1. The van der Waals surface area contributed by atoms with E-state index in [1.165, 1.54) is 7.11 Å². The van der Waals surface area contributed by atoms with Crippen molar-refractivity contribution in [3.8, 4) is 24.7 Å². The molecule has 2 atom stereocenters. The Labute approximate surface area is 107 Å². The molecule has 2 rings (SSSR count). The molecule has 0 spiro atoms. The molecule has 4 heteroatoms. The first-order valence-electron chi connectivity index (χ1n) is 5.89. The highest BCUT2D eigenvalue weighted by molar-refractivity contribution is 5.81. The first-order chi connectivity index (χ1) is 8.53. The smallest absolute Gasteiger partial charge is 0.316 e. The summed E-state index contributed by atoms with van der Waals surface area (Å²) in [6, 6.07) is 0. The number of fused-ring (bicyclic) bond motifs is 2. The molecule has 0 amide bonds. The van der Waals surface area contributed by atoms with Gasteiger partial charge in [0.1, 0.15) is 5.41 Å². The lowest BCUT2D eigenvalue weighted by atomic mass is 9.63. The molecule has 0 aromatic rings. The highest BCUT2D eigenvalue weighted by atomic mass is 16.6. The fourth-order valence-corrected chi connectivity index (χ4v) is 3.31. The Morgan fingerprint density at radius 1 is 1.44 bits per heavy atom. The molecule has 1 heterocycles. The van der Waals surface area contributed by atoms with Crippen molar-refractivity contribution in [3.05, 3.63) is 0 Å². The normalized spacial score (nSPS) is 36.4. The van der Waals surface area contributed by atoms with Gasteiger partial charge in [-0.05, 0) is 25.7 Å². The molecule has 96 valence electrons. The molecule has 2 fully saturated rings. The van der Waals surface area contributed by atoms with Crippen LogP contribution in [-0.2, 0) is 14.3 Å². The molecule has 1 saturated carbocycles. The van der Waals surface area contributed by atoms with Crippen LogP contribution in [-0.4, -0.2) is 36.0 Å². The minimum atomic E-state index is -1.42. The zero-order valence-electron chi connectivity index (χ0n) is 10.4. The second-order valence-electron chi connectivity index (χ2n) is 5.02. The molecule has 18 heavy (non-hydrogen) atoms. The highest BCUT2D eigenvalue weighted by Gasteiger charge is 2.70. The molecule has 1 aliphatic carbocycles. The first-order valence-corrected chi connectivity index (χ1v) is 5.89. The van der Waals surface area contributed by atoms with Crippen LogP contribution >= 0.6 is 0 Å². The van der Waals surface area contributed by atoms with E-state index in [1.807, 2.05) is 0 Å². The fourth-order valence-electron chi connectivity index (χ4n) is 3.31. The zero-order chi connectivity index (χ0) is 13.4. The Bertz CT molecular complexity index is 441. The minimum Gasteiger partial charge on any atom is -0.468 e. The van der Waals surface area contributed by atoms with Crippen LogP contribution in [0.25, 0.3) is 0 Å². The Balaban J connectivity index is 2.58. The maximum Gasteiger partial charge on any atom is 0.316 e. The summed E-state index contributed by atoms with van der Waals surface area (Å²) in [5.74, 6) is 4.44. The van der Waals surface area contributed by atoms with Gasteiger partial charge < -0.3 is 14.6 Å². The van der Waals surface area contributed by atoms with Crippen molar-refractivity contribution in [1.29, 1.82) is 0 Å². The molecule has 1 aliphatic heterocycles. The van der Waals surface area contributed by atoms with E-state index in [0.717, 1.165) is 6.42 Å².